The van der Waals surface area contributed by atoms with Crippen LogP contribution in [0.5, 0.6) is 0 Å². The second-order valence-corrected chi connectivity index (χ2v) is 3.86. The summed E-state index contributed by atoms with van der Waals surface area (Å²) < 4.78 is 0.716. The Balaban J connectivity index is 0.00000121. The Morgan fingerprint density at radius 2 is 2.33 bits per heavy atom. The van der Waals surface area contributed by atoms with Crippen LogP contribution in [0.25, 0.3) is 0 Å². The first-order chi connectivity index (χ1) is 5.24. The molecule has 2 N–H and O–H groups in total. The molecule has 0 aliphatic rings. The van der Waals surface area contributed by atoms with Crippen molar-refractivity contribution in [2.45, 2.75) is 12.5 Å². The van der Waals surface area contributed by atoms with Gasteiger partial charge in [0.05, 0.1) is 22.9 Å². The molecule has 0 saturated carbocycles. The highest BCUT2D eigenvalue weighted by Gasteiger charge is 2.06. The lowest BCUT2D eigenvalue weighted by atomic mass is 10.2. The lowest BCUT2D eigenvalue weighted by Crippen LogP contribution is -2.06. The minimum Gasteiger partial charge on any atom is -0.322 e. The number of nitrogens with two attached hydrogens (primary N) is 1. The van der Waals surface area contributed by atoms with Crippen molar-refractivity contribution in [3.8, 4) is 6.07 Å². The maximum absolute atomic E-state index is 8.35. The SMILES string of the molecule is Cl.N#CC[C@H](N)c1ccc(Cl)s1. The highest BCUT2D eigenvalue weighted by atomic mass is 35.5. The summed E-state index contributed by atoms with van der Waals surface area (Å²) in [6.07, 6.45) is 0.344. The molecule has 0 spiro atoms. The minimum absolute atomic E-state index is 0. The van der Waals surface area contributed by atoms with E-state index in [1.807, 2.05) is 12.1 Å². The molecule has 0 aromatic carbocycles. The van der Waals surface area contributed by atoms with Gasteiger partial charge < -0.3 is 5.73 Å². The van der Waals surface area contributed by atoms with Gasteiger partial charge in [-0.25, -0.2) is 0 Å². The first-order valence-electron chi connectivity index (χ1n) is 3.12. The molecule has 0 aliphatic heterocycles. The van der Waals surface area contributed by atoms with Crippen LogP contribution in [0.15, 0.2) is 12.1 Å². The molecule has 1 atom stereocenters. The molecule has 1 heterocycles. The maximum atomic E-state index is 8.35. The van der Waals surface area contributed by atoms with Gasteiger partial charge in [-0.15, -0.1) is 23.7 Å². The third kappa shape index (κ3) is 3.00. The van der Waals surface area contributed by atoms with E-state index >= 15 is 0 Å². The molecule has 0 amide bonds. The summed E-state index contributed by atoms with van der Waals surface area (Å²) >= 11 is 7.11. The topological polar surface area (TPSA) is 49.8 Å². The molecule has 5 heteroatoms. The van der Waals surface area contributed by atoms with Crippen LogP contribution in [0.4, 0.5) is 0 Å². The van der Waals surface area contributed by atoms with Crippen LogP contribution in [0.2, 0.25) is 4.34 Å². The molecule has 2 nitrogen and oxygen atoms in total. The Morgan fingerprint density at radius 3 is 2.75 bits per heavy atom. The molecule has 0 bridgehead atoms. The molecular formula is C7H8Cl2N2S. The summed E-state index contributed by atoms with van der Waals surface area (Å²) in [6, 6.07) is 5.48. The van der Waals surface area contributed by atoms with Crippen molar-refractivity contribution in [2.24, 2.45) is 5.73 Å². The maximum Gasteiger partial charge on any atom is 0.0931 e. The van der Waals surface area contributed by atoms with Gasteiger partial charge in [0.25, 0.3) is 0 Å². The van der Waals surface area contributed by atoms with E-state index in [4.69, 9.17) is 22.6 Å². The van der Waals surface area contributed by atoms with Crippen molar-refractivity contribution in [1.82, 2.24) is 0 Å². The van der Waals surface area contributed by atoms with Crippen LogP contribution in [0.3, 0.4) is 0 Å². The lowest BCUT2D eigenvalue weighted by Gasteiger charge is -2.01. The summed E-state index contributed by atoms with van der Waals surface area (Å²) in [5.74, 6) is 0. The van der Waals surface area contributed by atoms with Gasteiger partial charge in [0, 0.05) is 4.88 Å². The molecular weight excluding hydrogens is 215 g/mol. The van der Waals surface area contributed by atoms with Crippen LogP contribution in [0.1, 0.15) is 17.3 Å². The normalized spacial score (nSPS) is 11.4. The molecule has 1 rings (SSSR count). The standard InChI is InChI=1S/C7H7ClN2S.ClH/c8-7-2-1-6(11-7)5(10)3-4-9;/h1-2,5H,3,10H2;1H/t5-;/m0./s1. The third-order valence-electron chi connectivity index (χ3n) is 1.27. The molecule has 0 unspecified atom stereocenters. The summed E-state index contributed by atoms with van der Waals surface area (Å²) in [5, 5.41) is 8.35. The monoisotopic (exact) mass is 222 g/mol. The fourth-order valence-electron chi connectivity index (χ4n) is 0.727. The molecule has 0 fully saturated rings. The van der Waals surface area contributed by atoms with Crippen LogP contribution in [0, 0.1) is 11.3 Å². The highest BCUT2D eigenvalue weighted by molar-refractivity contribution is 7.16. The molecule has 0 radical (unpaired) electrons. The summed E-state index contributed by atoms with van der Waals surface area (Å²) in [7, 11) is 0. The van der Waals surface area contributed by atoms with E-state index in [1.165, 1.54) is 11.3 Å². The van der Waals surface area contributed by atoms with Gasteiger partial charge in [0.15, 0.2) is 0 Å². The molecule has 0 saturated heterocycles. The summed E-state index contributed by atoms with van der Waals surface area (Å²) in [6.45, 7) is 0. The molecule has 66 valence electrons. The average molecular weight is 223 g/mol. The van der Waals surface area contributed by atoms with E-state index < -0.39 is 0 Å². The fourth-order valence-corrected chi connectivity index (χ4v) is 1.79. The van der Waals surface area contributed by atoms with Gasteiger partial charge in [0.2, 0.25) is 0 Å². The molecule has 0 aliphatic carbocycles. The van der Waals surface area contributed by atoms with Crippen LogP contribution >= 0.6 is 35.3 Å². The Kier molecular flexibility index (Phi) is 5.27. The van der Waals surface area contributed by atoms with Gasteiger partial charge in [-0.1, -0.05) is 11.6 Å². The summed E-state index contributed by atoms with van der Waals surface area (Å²) in [4.78, 5) is 0.969. The smallest absolute Gasteiger partial charge is 0.0931 e. The number of nitriles is 1. The van der Waals surface area contributed by atoms with Crippen LogP contribution < -0.4 is 5.73 Å². The van der Waals surface area contributed by atoms with Crippen molar-refractivity contribution in [3.63, 3.8) is 0 Å². The highest BCUT2D eigenvalue weighted by Crippen LogP contribution is 2.26. The first kappa shape index (κ1) is 11.7. The number of nitrogens with zero attached hydrogens (tertiary/aromatic N) is 1. The van der Waals surface area contributed by atoms with Gasteiger partial charge in [-0.2, -0.15) is 5.26 Å². The van der Waals surface area contributed by atoms with Crippen molar-refractivity contribution in [1.29, 1.82) is 5.26 Å². The first-order valence-corrected chi connectivity index (χ1v) is 4.31. The third-order valence-corrected chi connectivity index (χ3v) is 2.63. The number of halogens is 2. The molecule has 1 aromatic heterocycles. The number of thiophene rings is 1. The van der Waals surface area contributed by atoms with Crippen LogP contribution in [-0.2, 0) is 0 Å². The second kappa shape index (κ2) is 5.39. The second-order valence-electron chi connectivity index (χ2n) is 2.11. The number of hydrogen-bond acceptors (Lipinski definition) is 3. The Hall–Kier alpha value is -0.270. The Labute approximate surface area is 86.4 Å². The zero-order valence-corrected chi connectivity index (χ0v) is 8.55. The quantitative estimate of drug-likeness (QED) is 0.837. The van der Waals surface area contributed by atoms with Gasteiger partial charge in [-0.05, 0) is 12.1 Å². The van der Waals surface area contributed by atoms with E-state index in [2.05, 4.69) is 0 Å². The largest absolute Gasteiger partial charge is 0.322 e. The predicted molar refractivity (Wildman–Crippen MR) is 53.7 cm³/mol. The number of rotatable bonds is 2. The molecule has 12 heavy (non-hydrogen) atoms. The van der Waals surface area contributed by atoms with Gasteiger partial charge in [-0.3, -0.25) is 0 Å². The fraction of sp³-hybridized carbons (Fsp3) is 0.286. The van der Waals surface area contributed by atoms with Crippen molar-refractivity contribution < 1.29 is 0 Å². The van der Waals surface area contributed by atoms with Crippen molar-refractivity contribution in [2.75, 3.05) is 0 Å². The minimum atomic E-state index is -0.183. The van der Waals surface area contributed by atoms with Gasteiger partial charge in [0.1, 0.15) is 0 Å². The molecule has 1 aromatic rings. The van der Waals surface area contributed by atoms with Gasteiger partial charge >= 0.3 is 0 Å². The lowest BCUT2D eigenvalue weighted by molar-refractivity contribution is 0.765. The number of hydrogen-bond donors (Lipinski definition) is 1. The predicted octanol–water partition coefficient (Wildman–Crippen LogP) is 2.74. The Bertz CT molecular complexity index is 279. The van der Waals surface area contributed by atoms with E-state index in [0.29, 0.717) is 10.8 Å². The van der Waals surface area contributed by atoms with E-state index in [9.17, 15) is 0 Å². The zero-order chi connectivity index (χ0) is 8.27. The van der Waals surface area contributed by atoms with Crippen molar-refractivity contribution >= 4 is 35.3 Å². The summed E-state index contributed by atoms with van der Waals surface area (Å²) in [5.41, 5.74) is 5.65. The van der Waals surface area contributed by atoms with E-state index in [0.717, 1.165) is 4.88 Å². The van der Waals surface area contributed by atoms with Crippen molar-refractivity contribution in [3.05, 3.63) is 21.3 Å². The average Bonchev–Trinajstić information content (AvgIpc) is 2.36. The van der Waals surface area contributed by atoms with E-state index in [-0.39, 0.29) is 18.4 Å². The van der Waals surface area contributed by atoms with Crippen LogP contribution in [-0.4, -0.2) is 0 Å². The zero-order valence-electron chi connectivity index (χ0n) is 6.16. The van der Waals surface area contributed by atoms with E-state index in [1.54, 1.807) is 6.07 Å². The Morgan fingerprint density at radius 1 is 1.67 bits per heavy atom.